The van der Waals surface area contributed by atoms with Gasteiger partial charge in [-0.15, -0.1) is 0 Å². The van der Waals surface area contributed by atoms with Crippen molar-refractivity contribution < 1.29 is 4.42 Å². The molecule has 1 unspecified atom stereocenters. The molecule has 0 radical (unpaired) electrons. The third-order valence-corrected chi connectivity index (χ3v) is 2.95. The Hall–Kier alpha value is -0.900. The maximum Gasteiger partial charge on any atom is 0.156 e. The van der Waals surface area contributed by atoms with Crippen LogP contribution in [0.3, 0.4) is 0 Å². The van der Waals surface area contributed by atoms with Crippen molar-refractivity contribution >= 4 is 16.9 Å². The zero-order valence-corrected chi connectivity index (χ0v) is 9.01. The second kappa shape index (κ2) is 4.55. The van der Waals surface area contributed by atoms with Gasteiger partial charge in [-0.2, -0.15) is 0 Å². The normalized spacial score (nSPS) is 17.9. The molecule has 0 amide bonds. The minimum Gasteiger partial charge on any atom is -0.469 e. The van der Waals surface area contributed by atoms with Gasteiger partial charge in [-0.05, 0) is 19.1 Å². The summed E-state index contributed by atoms with van der Waals surface area (Å²) in [5.74, 6) is 2.13. The van der Waals surface area contributed by atoms with E-state index in [9.17, 15) is 0 Å². The molecule has 1 aromatic heterocycles. The SMILES string of the molecule is CC(Cc1ccco1)NC1=NCCS1. The summed E-state index contributed by atoms with van der Waals surface area (Å²) in [6, 6.07) is 4.30. The first-order valence-corrected chi connectivity index (χ1v) is 5.79. The number of aliphatic imine (C=N–C) groups is 1. The standard InChI is InChI=1S/C10H14N2OS/c1-8(7-9-3-2-5-13-9)12-10-11-4-6-14-10/h2-3,5,8H,4,6-7H2,1H3,(H,11,12). The van der Waals surface area contributed by atoms with Gasteiger partial charge in [-0.3, -0.25) is 4.99 Å². The minimum atomic E-state index is 0.380. The molecule has 3 nitrogen and oxygen atoms in total. The second-order valence-corrected chi connectivity index (χ2v) is 4.45. The summed E-state index contributed by atoms with van der Waals surface area (Å²) >= 11 is 1.79. The highest BCUT2D eigenvalue weighted by atomic mass is 32.2. The summed E-state index contributed by atoms with van der Waals surface area (Å²) in [7, 11) is 0. The Morgan fingerprint density at radius 2 is 2.64 bits per heavy atom. The van der Waals surface area contributed by atoms with Crippen LogP contribution in [0.5, 0.6) is 0 Å². The number of furan rings is 1. The maximum absolute atomic E-state index is 5.28. The molecule has 0 aliphatic carbocycles. The van der Waals surface area contributed by atoms with Crippen molar-refractivity contribution in [3.05, 3.63) is 24.2 Å². The molecule has 0 saturated heterocycles. The van der Waals surface area contributed by atoms with E-state index in [-0.39, 0.29) is 0 Å². The van der Waals surface area contributed by atoms with Gasteiger partial charge in [0.2, 0.25) is 0 Å². The first-order chi connectivity index (χ1) is 6.84. The number of nitrogens with one attached hydrogen (secondary N) is 1. The van der Waals surface area contributed by atoms with Gasteiger partial charge in [0.05, 0.1) is 12.8 Å². The van der Waals surface area contributed by atoms with Crippen molar-refractivity contribution in [2.75, 3.05) is 12.3 Å². The molecule has 0 saturated carbocycles. The van der Waals surface area contributed by atoms with Crippen LogP contribution in [0.2, 0.25) is 0 Å². The van der Waals surface area contributed by atoms with Crippen molar-refractivity contribution in [2.24, 2.45) is 4.99 Å². The van der Waals surface area contributed by atoms with Gasteiger partial charge in [0, 0.05) is 18.2 Å². The van der Waals surface area contributed by atoms with Crippen LogP contribution in [0, 0.1) is 0 Å². The average molecular weight is 210 g/mol. The lowest BCUT2D eigenvalue weighted by atomic mass is 10.2. The lowest BCUT2D eigenvalue weighted by molar-refractivity contribution is 0.482. The Kier molecular flexibility index (Phi) is 3.14. The summed E-state index contributed by atoms with van der Waals surface area (Å²) in [4.78, 5) is 4.34. The van der Waals surface area contributed by atoms with Gasteiger partial charge in [-0.1, -0.05) is 11.8 Å². The lowest BCUT2D eigenvalue weighted by Gasteiger charge is -2.12. The van der Waals surface area contributed by atoms with Crippen molar-refractivity contribution in [1.29, 1.82) is 0 Å². The number of amidine groups is 1. The van der Waals surface area contributed by atoms with Crippen LogP contribution < -0.4 is 5.32 Å². The highest BCUT2D eigenvalue weighted by molar-refractivity contribution is 8.14. The lowest BCUT2D eigenvalue weighted by Crippen LogP contribution is -2.31. The Balaban J connectivity index is 1.81. The van der Waals surface area contributed by atoms with Crippen LogP contribution in [-0.2, 0) is 6.42 Å². The Morgan fingerprint density at radius 3 is 3.29 bits per heavy atom. The topological polar surface area (TPSA) is 37.5 Å². The van der Waals surface area contributed by atoms with Crippen LogP contribution in [0.15, 0.2) is 27.8 Å². The highest BCUT2D eigenvalue weighted by Crippen LogP contribution is 2.11. The monoisotopic (exact) mass is 210 g/mol. The summed E-state index contributed by atoms with van der Waals surface area (Å²) in [6.45, 7) is 3.09. The van der Waals surface area contributed by atoms with Gasteiger partial charge < -0.3 is 9.73 Å². The number of thioether (sulfide) groups is 1. The number of hydrogen-bond donors (Lipinski definition) is 1. The van der Waals surface area contributed by atoms with Crippen molar-refractivity contribution in [3.8, 4) is 0 Å². The maximum atomic E-state index is 5.28. The van der Waals surface area contributed by atoms with E-state index in [1.807, 2.05) is 12.1 Å². The zero-order chi connectivity index (χ0) is 9.80. The molecule has 2 heterocycles. The largest absolute Gasteiger partial charge is 0.469 e. The molecular formula is C10H14N2OS. The number of hydrogen-bond acceptors (Lipinski definition) is 4. The predicted molar refractivity (Wildman–Crippen MR) is 59.8 cm³/mol. The van der Waals surface area contributed by atoms with Crippen LogP contribution in [0.1, 0.15) is 12.7 Å². The van der Waals surface area contributed by atoms with Crippen molar-refractivity contribution in [2.45, 2.75) is 19.4 Å². The van der Waals surface area contributed by atoms with E-state index < -0.39 is 0 Å². The molecule has 1 atom stereocenters. The fraction of sp³-hybridized carbons (Fsp3) is 0.500. The number of rotatable bonds is 3. The Bertz CT molecular complexity index is 308. The fourth-order valence-electron chi connectivity index (χ4n) is 1.41. The molecule has 76 valence electrons. The molecule has 1 aliphatic heterocycles. The molecule has 4 heteroatoms. The van der Waals surface area contributed by atoms with E-state index >= 15 is 0 Å². The van der Waals surface area contributed by atoms with Gasteiger partial charge in [0.15, 0.2) is 5.17 Å². The first-order valence-electron chi connectivity index (χ1n) is 4.81. The van der Waals surface area contributed by atoms with Crippen molar-refractivity contribution in [1.82, 2.24) is 5.32 Å². The van der Waals surface area contributed by atoms with E-state index in [1.165, 1.54) is 0 Å². The minimum absolute atomic E-state index is 0.380. The van der Waals surface area contributed by atoms with E-state index in [4.69, 9.17) is 4.42 Å². The molecule has 1 aliphatic rings. The molecule has 1 aromatic rings. The average Bonchev–Trinajstić information content (AvgIpc) is 2.76. The van der Waals surface area contributed by atoms with Gasteiger partial charge >= 0.3 is 0 Å². The Labute approximate surface area is 88.0 Å². The molecule has 0 bridgehead atoms. The quantitative estimate of drug-likeness (QED) is 0.828. The summed E-state index contributed by atoms with van der Waals surface area (Å²) < 4.78 is 5.28. The first kappa shape index (κ1) is 9.65. The fourth-order valence-corrected chi connectivity index (χ4v) is 2.26. The van der Waals surface area contributed by atoms with Crippen LogP contribution in [-0.4, -0.2) is 23.5 Å². The molecular weight excluding hydrogens is 196 g/mol. The van der Waals surface area contributed by atoms with E-state index in [1.54, 1.807) is 18.0 Å². The van der Waals surface area contributed by atoms with E-state index in [2.05, 4.69) is 17.2 Å². The van der Waals surface area contributed by atoms with E-state index in [0.717, 1.165) is 29.6 Å². The van der Waals surface area contributed by atoms with Gasteiger partial charge in [0.25, 0.3) is 0 Å². The van der Waals surface area contributed by atoms with Crippen molar-refractivity contribution in [3.63, 3.8) is 0 Å². The Morgan fingerprint density at radius 1 is 1.71 bits per heavy atom. The summed E-state index contributed by atoms with van der Waals surface area (Å²) in [5.41, 5.74) is 0. The molecule has 0 fully saturated rings. The summed E-state index contributed by atoms with van der Waals surface area (Å²) in [6.07, 6.45) is 2.62. The van der Waals surface area contributed by atoms with Crippen LogP contribution in [0.25, 0.3) is 0 Å². The zero-order valence-electron chi connectivity index (χ0n) is 8.19. The third kappa shape index (κ3) is 2.54. The molecule has 1 N–H and O–H groups in total. The smallest absolute Gasteiger partial charge is 0.156 e. The molecule has 2 rings (SSSR count). The van der Waals surface area contributed by atoms with Crippen LogP contribution >= 0.6 is 11.8 Å². The molecule has 0 aromatic carbocycles. The highest BCUT2D eigenvalue weighted by Gasteiger charge is 2.11. The number of nitrogens with zero attached hydrogens (tertiary/aromatic N) is 1. The van der Waals surface area contributed by atoms with Crippen LogP contribution in [0.4, 0.5) is 0 Å². The third-order valence-electron chi connectivity index (χ3n) is 2.04. The van der Waals surface area contributed by atoms with Gasteiger partial charge in [-0.25, -0.2) is 0 Å². The van der Waals surface area contributed by atoms with E-state index in [0.29, 0.717) is 6.04 Å². The second-order valence-electron chi connectivity index (χ2n) is 3.36. The van der Waals surface area contributed by atoms with Gasteiger partial charge in [0.1, 0.15) is 5.76 Å². The molecule has 14 heavy (non-hydrogen) atoms. The summed E-state index contributed by atoms with van der Waals surface area (Å²) in [5, 5.41) is 4.44. The predicted octanol–water partition coefficient (Wildman–Crippen LogP) is 1.90. The molecule has 0 spiro atoms.